The maximum absolute atomic E-state index is 13.5. The van der Waals surface area contributed by atoms with Crippen molar-refractivity contribution in [2.45, 2.75) is 171 Å². The number of hydrogen-bond donors (Lipinski definition) is 2. The highest BCUT2D eigenvalue weighted by Gasteiger charge is 2.56. The van der Waals surface area contributed by atoms with Crippen molar-refractivity contribution in [3.8, 4) is 5.75 Å². The summed E-state index contributed by atoms with van der Waals surface area (Å²) >= 11 is 1.63. The first-order chi connectivity index (χ1) is 35.9. The molecule has 0 saturated carbocycles. The van der Waals surface area contributed by atoms with E-state index in [2.05, 4.69) is 114 Å². The number of thioether (sulfide) groups is 1. The van der Waals surface area contributed by atoms with Gasteiger partial charge in [0.25, 0.3) is 5.56 Å². The van der Waals surface area contributed by atoms with Crippen LogP contribution < -0.4 is 21.3 Å². The van der Waals surface area contributed by atoms with Crippen molar-refractivity contribution in [2.24, 2.45) is 0 Å². The Balaban J connectivity index is 0.899. The number of hydrogen-bond acceptors (Lipinski definition) is 14. The lowest BCUT2D eigenvalue weighted by Gasteiger charge is -2.40. The lowest BCUT2D eigenvalue weighted by Crippen LogP contribution is -2.48. The number of H-pyrrole nitrogens is 1. The van der Waals surface area contributed by atoms with Crippen molar-refractivity contribution >= 4 is 45.4 Å². The molecule has 2 N–H and O–H groups in total. The third-order valence-electron chi connectivity index (χ3n) is 16.2. The van der Waals surface area contributed by atoms with Gasteiger partial charge in [0, 0.05) is 23.9 Å². The van der Waals surface area contributed by atoms with Crippen LogP contribution in [0.5, 0.6) is 5.75 Å². The largest absolute Gasteiger partial charge is 0.497 e. The summed E-state index contributed by atoms with van der Waals surface area (Å²) in [5.74, 6) is 1.59. The monoisotopic (exact) mass is 1090 g/mol. The van der Waals surface area contributed by atoms with Crippen LogP contribution in [-0.4, -0.2) is 101 Å². The molecule has 6 heterocycles. The molecule has 0 radical (unpaired) electrons. The second-order valence-electron chi connectivity index (χ2n) is 23.9. The Kier molecular flexibility index (Phi) is 15.9. The first kappa shape index (κ1) is 55.8. The zero-order valence-electron chi connectivity index (χ0n) is 46.4. The molecular formula is C57H77N7O9SSi2. The van der Waals surface area contributed by atoms with Crippen molar-refractivity contribution in [1.82, 2.24) is 29.1 Å². The second-order valence-corrected chi connectivity index (χ2v) is 34.6. The van der Waals surface area contributed by atoms with Gasteiger partial charge >= 0.3 is 5.69 Å². The highest BCUT2D eigenvalue weighted by atomic mass is 32.2. The van der Waals surface area contributed by atoms with Gasteiger partial charge in [-0.1, -0.05) is 114 Å². The molecule has 9 rings (SSSR count). The molecule has 0 amide bonds. The standard InChI is InChI=1S/C57H77N7O9SSi2/c1-54(2,3)75(10,11)68-33-44-43(73-76(12,13)55(4,5)6)31-45(69-44)63-32-37(51(65)61-53(63)66)34-74-30-20-25-42-47-48(72-56(7,8)71-47)52(70-42)64-36-60-46-49(58-35-59-50(46)64)62-57(38-21-16-14-17-22-38,39-23-18-15-19-24-39)40-26-28-41(67-9)29-27-40/h14-19,21-24,26-29,32,35-36,42-45,47-48,52H,20,25,30-31,33-34H2,1-13H3,(H,58,59,62)(H,61,65,66)/t42-,43+,44-,45-,47-,48-,52-/m1/s1. The van der Waals surface area contributed by atoms with Crippen LogP contribution in [0.15, 0.2) is 113 Å². The molecule has 0 bridgehead atoms. The Bertz CT molecular complexity index is 3030. The summed E-state index contributed by atoms with van der Waals surface area (Å²) < 4.78 is 49.4. The summed E-state index contributed by atoms with van der Waals surface area (Å²) in [6.07, 6.45) is 3.96. The summed E-state index contributed by atoms with van der Waals surface area (Å²) in [6, 6.07) is 28.7. The van der Waals surface area contributed by atoms with E-state index >= 15 is 0 Å². The van der Waals surface area contributed by atoms with Crippen LogP contribution in [0.1, 0.15) is 109 Å². The van der Waals surface area contributed by atoms with Crippen LogP contribution in [0, 0.1) is 0 Å². The van der Waals surface area contributed by atoms with E-state index in [-0.39, 0.29) is 34.5 Å². The molecule has 3 aromatic heterocycles. The van der Waals surface area contributed by atoms with Gasteiger partial charge in [0.1, 0.15) is 42.2 Å². The van der Waals surface area contributed by atoms with Crippen molar-refractivity contribution in [3.05, 3.63) is 147 Å². The van der Waals surface area contributed by atoms with Crippen LogP contribution in [0.25, 0.3) is 11.2 Å². The van der Waals surface area contributed by atoms with Gasteiger partial charge in [-0.3, -0.25) is 18.9 Å². The highest BCUT2D eigenvalue weighted by molar-refractivity contribution is 7.98. The summed E-state index contributed by atoms with van der Waals surface area (Å²) in [5.41, 5.74) is 2.85. The molecule has 3 saturated heterocycles. The number of methoxy groups -OCH3 is 1. The molecular weight excluding hydrogens is 1010 g/mol. The molecule has 3 aromatic carbocycles. The van der Waals surface area contributed by atoms with Gasteiger partial charge in [0.05, 0.1) is 32.3 Å². The summed E-state index contributed by atoms with van der Waals surface area (Å²) in [4.78, 5) is 44.0. The number of aromatic nitrogens is 6. The molecule has 7 atom stereocenters. The fourth-order valence-corrected chi connectivity index (χ4v) is 13.3. The molecule has 6 aromatic rings. The van der Waals surface area contributed by atoms with Crippen LogP contribution in [0.4, 0.5) is 5.82 Å². The Morgan fingerprint density at radius 2 is 1.42 bits per heavy atom. The maximum atomic E-state index is 13.5. The fraction of sp³-hybridized carbons (Fsp3) is 0.526. The van der Waals surface area contributed by atoms with Crippen LogP contribution in [0.2, 0.25) is 36.3 Å². The Hall–Kier alpha value is -4.97. The first-order valence-electron chi connectivity index (χ1n) is 26.5. The molecule has 0 aliphatic carbocycles. The van der Waals surface area contributed by atoms with Crippen molar-refractivity contribution in [2.75, 3.05) is 24.8 Å². The predicted molar refractivity (Wildman–Crippen MR) is 303 cm³/mol. The first-order valence-corrected chi connectivity index (χ1v) is 33.5. The molecule has 76 heavy (non-hydrogen) atoms. The van der Waals surface area contributed by atoms with E-state index in [9.17, 15) is 9.59 Å². The van der Waals surface area contributed by atoms with Gasteiger partial charge in [-0.25, -0.2) is 19.7 Å². The molecule has 408 valence electrons. The maximum Gasteiger partial charge on any atom is 0.330 e. The highest BCUT2D eigenvalue weighted by Crippen LogP contribution is 2.47. The second kappa shape index (κ2) is 21.7. The van der Waals surface area contributed by atoms with Gasteiger partial charge < -0.3 is 37.9 Å². The summed E-state index contributed by atoms with van der Waals surface area (Å²) in [6.45, 7) is 26.5. The van der Waals surface area contributed by atoms with Crippen molar-refractivity contribution in [1.29, 1.82) is 0 Å². The number of ether oxygens (including phenoxy) is 5. The Labute approximate surface area is 453 Å². The van der Waals surface area contributed by atoms with E-state index < -0.39 is 57.8 Å². The van der Waals surface area contributed by atoms with Gasteiger partial charge in [0.15, 0.2) is 45.6 Å². The average molecular weight is 1090 g/mol. The van der Waals surface area contributed by atoms with Crippen molar-refractivity contribution in [3.63, 3.8) is 0 Å². The van der Waals surface area contributed by atoms with Crippen LogP contribution in [0.3, 0.4) is 0 Å². The number of imidazole rings is 1. The predicted octanol–water partition coefficient (Wildman–Crippen LogP) is 10.9. The normalized spacial score (nSPS) is 23.0. The Morgan fingerprint density at radius 3 is 2.05 bits per heavy atom. The van der Waals surface area contributed by atoms with Crippen LogP contribution in [-0.2, 0) is 39.1 Å². The number of benzene rings is 3. The number of aromatic amines is 1. The zero-order valence-corrected chi connectivity index (χ0v) is 49.2. The smallest absolute Gasteiger partial charge is 0.330 e. The minimum atomic E-state index is -2.22. The van der Waals surface area contributed by atoms with E-state index in [1.807, 2.05) is 66.9 Å². The van der Waals surface area contributed by atoms with Gasteiger partial charge in [-0.05, 0) is 97.5 Å². The third kappa shape index (κ3) is 11.3. The molecule has 16 nitrogen and oxygen atoms in total. The van der Waals surface area contributed by atoms with Gasteiger partial charge in [-0.2, -0.15) is 11.8 Å². The minimum absolute atomic E-state index is 0.0187. The molecule has 0 spiro atoms. The lowest BCUT2D eigenvalue weighted by atomic mass is 9.77. The SMILES string of the molecule is COc1ccc(C(Nc2ncnc3c2ncn3[C@@H]2O[C@H](CCCSCc3cn([C@H]4C[C@H](O[Si](C)(C)C(C)(C)C)[C@@H](CO[Si](C)(C)C(C)(C)C)O4)c(=O)[nH]c3=O)[C@H]3OC(C)(C)O[C@H]32)(c2ccccc2)c2ccccc2)cc1. The summed E-state index contributed by atoms with van der Waals surface area (Å²) in [5, 5.41) is 3.87. The quantitative estimate of drug-likeness (QED) is 0.0445. The van der Waals surface area contributed by atoms with E-state index in [1.165, 1.54) is 4.57 Å². The summed E-state index contributed by atoms with van der Waals surface area (Å²) in [7, 11) is -2.67. The lowest BCUT2D eigenvalue weighted by molar-refractivity contribution is -0.196. The number of fused-ring (bicyclic) bond motifs is 2. The van der Waals surface area contributed by atoms with Crippen LogP contribution >= 0.6 is 11.8 Å². The number of nitrogens with zero attached hydrogens (tertiary/aromatic N) is 5. The third-order valence-corrected chi connectivity index (χ3v) is 26.3. The number of anilines is 1. The average Bonchev–Trinajstić information content (AvgIpc) is 4.17. The molecule has 19 heteroatoms. The van der Waals surface area contributed by atoms with E-state index in [0.29, 0.717) is 47.7 Å². The number of nitrogens with one attached hydrogen (secondary N) is 2. The van der Waals surface area contributed by atoms with Gasteiger partial charge in [0.2, 0.25) is 0 Å². The van der Waals surface area contributed by atoms with E-state index in [0.717, 1.165) is 34.6 Å². The van der Waals surface area contributed by atoms with Crippen molar-refractivity contribution < 1.29 is 32.5 Å². The minimum Gasteiger partial charge on any atom is -0.497 e. The Morgan fingerprint density at radius 1 is 0.789 bits per heavy atom. The number of rotatable bonds is 19. The zero-order chi connectivity index (χ0) is 54.4. The molecule has 3 aliphatic rings. The van der Waals surface area contributed by atoms with Gasteiger partial charge in [-0.15, -0.1) is 0 Å². The molecule has 3 fully saturated rings. The van der Waals surface area contributed by atoms with E-state index in [1.54, 1.807) is 37.7 Å². The molecule has 3 aliphatic heterocycles. The molecule has 0 unspecified atom stereocenters. The fourth-order valence-electron chi connectivity index (χ4n) is 9.98. The van der Waals surface area contributed by atoms with E-state index in [4.69, 9.17) is 47.5 Å². The topological polar surface area (TPSA) is 175 Å².